The number of alkyl carbamates (subject to hydrolysis) is 1. The molecular formula is C13H17N3O4. The van der Waals surface area contributed by atoms with Crippen LogP contribution in [0.2, 0.25) is 0 Å². The number of carbonyl (C=O) groups excluding carboxylic acids is 2. The van der Waals surface area contributed by atoms with E-state index in [1.165, 1.54) is 12.1 Å². The predicted octanol–water partition coefficient (Wildman–Crippen LogP) is 2.12. The van der Waals surface area contributed by atoms with Crippen molar-refractivity contribution in [2.24, 2.45) is 5.29 Å². The SMILES string of the molecule is CC(C)(C)OC(=O)NCc1ccc(C(=O)NN=O)cc1. The largest absolute Gasteiger partial charge is 0.444 e. The van der Waals surface area contributed by atoms with Gasteiger partial charge in [-0.15, -0.1) is 4.91 Å². The number of benzene rings is 1. The molecule has 0 radical (unpaired) electrons. The Morgan fingerprint density at radius 2 is 1.80 bits per heavy atom. The lowest BCUT2D eigenvalue weighted by Crippen LogP contribution is -2.32. The lowest BCUT2D eigenvalue weighted by atomic mass is 10.1. The molecule has 0 aliphatic heterocycles. The van der Waals surface area contributed by atoms with E-state index in [4.69, 9.17) is 4.74 Å². The van der Waals surface area contributed by atoms with Crippen molar-refractivity contribution >= 4 is 12.0 Å². The Hall–Kier alpha value is -2.44. The molecule has 0 bridgehead atoms. The Labute approximate surface area is 116 Å². The number of carbonyl (C=O) groups is 2. The first-order chi connectivity index (χ1) is 9.31. The fourth-order valence-electron chi connectivity index (χ4n) is 1.37. The minimum absolute atomic E-state index is 0.280. The van der Waals surface area contributed by atoms with E-state index in [0.29, 0.717) is 5.56 Å². The highest BCUT2D eigenvalue weighted by atomic mass is 16.6. The Kier molecular flexibility index (Phi) is 5.19. The fraction of sp³-hybridized carbons (Fsp3) is 0.385. The first-order valence-corrected chi connectivity index (χ1v) is 6.00. The fourth-order valence-corrected chi connectivity index (χ4v) is 1.37. The number of nitroso groups, excluding NO2 is 1. The third-order valence-corrected chi connectivity index (χ3v) is 2.20. The molecule has 0 aliphatic rings. The topological polar surface area (TPSA) is 96.9 Å². The maximum Gasteiger partial charge on any atom is 0.407 e. The van der Waals surface area contributed by atoms with Gasteiger partial charge in [0.1, 0.15) is 5.60 Å². The smallest absolute Gasteiger partial charge is 0.407 e. The molecule has 0 fully saturated rings. The van der Waals surface area contributed by atoms with Gasteiger partial charge < -0.3 is 10.1 Å². The molecule has 2 N–H and O–H groups in total. The van der Waals surface area contributed by atoms with Crippen LogP contribution in [0.5, 0.6) is 0 Å². The van der Waals surface area contributed by atoms with Crippen LogP contribution in [-0.2, 0) is 11.3 Å². The van der Waals surface area contributed by atoms with Gasteiger partial charge in [-0.05, 0) is 38.5 Å². The van der Waals surface area contributed by atoms with Gasteiger partial charge in [0.15, 0.2) is 0 Å². The van der Waals surface area contributed by atoms with E-state index < -0.39 is 17.6 Å². The van der Waals surface area contributed by atoms with Crippen molar-refractivity contribution in [3.05, 3.63) is 40.3 Å². The number of hydrogen-bond donors (Lipinski definition) is 2. The molecular weight excluding hydrogens is 262 g/mol. The van der Waals surface area contributed by atoms with Gasteiger partial charge >= 0.3 is 6.09 Å². The van der Waals surface area contributed by atoms with Crippen LogP contribution in [0.1, 0.15) is 36.7 Å². The number of hydrogen-bond acceptors (Lipinski definition) is 5. The summed E-state index contributed by atoms with van der Waals surface area (Å²) in [4.78, 5) is 32.6. The summed E-state index contributed by atoms with van der Waals surface area (Å²) in [5.41, 5.74) is 2.36. The molecule has 7 heteroatoms. The van der Waals surface area contributed by atoms with Gasteiger partial charge in [0.25, 0.3) is 5.91 Å². The average Bonchev–Trinajstić information content (AvgIpc) is 2.35. The minimum Gasteiger partial charge on any atom is -0.444 e. The normalized spacial score (nSPS) is 10.6. The molecule has 0 atom stereocenters. The monoisotopic (exact) mass is 279 g/mol. The van der Waals surface area contributed by atoms with Crippen molar-refractivity contribution in [2.75, 3.05) is 0 Å². The quantitative estimate of drug-likeness (QED) is 0.651. The second-order valence-corrected chi connectivity index (χ2v) is 5.08. The molecule has 20 heavy (non-hydrogen) atoms. The van der Waals surface area contributed by atoms with Gasteiger partial charge in [-0.25, -0.2) is 10.2 Å². The van der Waals surface area contributed by atoms with Gasteiger partial charge in [0.2, 0.25) is 0 Å². The highest BCUT2D eigenvalue weighted by Crippen LogP contribution is 2.08. The summed E-state index contributed by atoms with van der Waals surface area (Å²) in [7, 11) is 0. The molecule has 0 heterocycles. The van der Waals surface area contributed by atoms with Crippen LogP contribution in [0, 0.1) is 4.91 Å². The van der Waals surface area contributed by atoms with E-state index in [0.717, 1.165) is 5.56 Å². The van der Waals surface area contributed by atoms with Crippen LogP contribution in [0.15, 0.2) is 29.6 Å². The summed E-state index contributed by atoms with van der Waals surface area (Å²) >= 11 is 0. The lowest BCUT2D eigenvalue weighted by molar-refractivity contribution is 0.0523. The van der Waals surface area contributed by atoms with Crippen molar-refractivity contribution in [2.45, 2.75) is 32.9 Å². The molecule has 1 rings (SSSR count). The standard InChI is InChI=1S/C13H17N3O4/c1-13(2,3)20-12(18)14-8-9-4-6-10(7-5-9)11(17)15-16-19/h4-7H,8H2,1-3H3,(H,14,18)(H,15,17,19). The Morgan fingerprint density at radius 3 is 2.30 bits per heavy atom. The van der Waals surface area contributed by atoms with Crippen molar-refractivity contribution in [3.8, 4) is 0 Å². The summed E-state index contributed by atoms with van der Waals surface area (Å²) < 4.78 is 5.09. The number of nitrogens with zero attached hydrogens (tertiary/aromatic N) is 1. The maximum absolute atomic E-state index is 11.4. The number of ether oxygens (including phenoxy) is 1. The third kappa shape index (κ3) is 5.47. The van der Waals surface area contributed by atoms with Gasteiger partial charge in [-0.1, -0.05) is 12.1 Å². The summed E-state index contributed by atoms with van der Waals surface area (Å²) in [5, 5.41) is 4.90. The van der Waals surface area contributed by atoms with Crippen molar-refractivity contribution in [1.29, 1.82) is 0 Å². The zero-order chi connectivity index (χ0) is 15.2. The van der Waals surface area contributed by atoms with E-state index in [1.54, 1.807) is 38.3 Å². The Balaban J connectivity index is 2.52. The first-order valence-electron chi connectivity index (χ1n) is 6.00. The molecule has 0 unspecified atom stereocenters. The van der Waals surface area contributed by atoms with E-state index in [9.17, 15) is 14.5 Å². The van der Waals surface area contributed by atoms with E-state index in [1.807, 2.05) is 0 Å². The van der Waals surface area contributed by atoms with Crippen molar-refractivity contribution in [3.63, 3.8) is 0 Å². The highest BCUT2D eigenvalue weighted by molar-refractivity contribution is 5.93. The molecule has 0 spiro atoms. The molecule has 0 saturated heterocycles. The Bertz CT molecular complexity index is 491. The summed E-state index contributed by atoms with van der Waals surface area (Å²) in [6, 6.07) is 6.40. The van der Waals surface area contributed by atoms with Gasteiger partial charge in [-0.3, -0.25) is 4.79 Å². The van der Waals surface area contributed by atoms with Crippen LogP contribution in [-0.4, -0.2) is 17.6 Å². The number of rotatable bonds is 4. The second kappa shape index (κ2) is 6.65. The van der Waals surface area contributed by atoms with Gasteiger partial charge in [0.05, 0.1) is 5.29 Å². The molecule has 2 amide bonds. The molecule has 1 aromatic carbocycles. The second-order valence-electron chi connectivity index (χ2n) is 5.08. The van der Waals surface area contributed by atoms with E-state index >= 15 is 0 Å². The van der Waals surface area contributed by atoms with E-state index in [2.05, 4.69) is 10.6 Å². The summed E-state index contributed by atoms with van der Waals surface area (Å²) in [5.74, 6) is -0.577. The van der Waals surface area contributed by atoms with Crippen LogP contribution in [0.4, 0.5) is 4.79 Å². The first kappa shape index (κ1) is 15.6. The molecule has 0 aliphatic carbocycles. The zero-order valence-corrected chi connectivity index (χ0v) is 11.6. The van der Waals surface area contributed by atoms with Crippen molar-refractivity contribution < 1.29 is 14.3 Å². The van der Waals surface area contributed by atoms with Gasteiger partial charge in [0, 0.05) is 12.1 Å². The highest BCUT2D eigenvalue weighted by Gasteiger charge is 2.15. The Morgan fingerprint density at radius 1 is 1.20 bits per heavy atom. The number of nitrogens with one attached hydrogen (secondary N) is 2. The minimum atomic E-state index is -0.577. The van der Waals surface area contributed by atoms with E-state index in [-0.39, 0.29) is 6.54 Å². The third-order valence-electron chi connectivity index (χ3n) is 2.20. The van der Waals surface area contributed by atoms with Gasteiger partial charge in [-0.2, -0.15) is 0 Å². The summed E-state index contributed by atoms with van der Waals surface area (Å²) in [6.07, 6.45) is -0.510. The van der Waals surface area contributed by atoms with Crippen LogP contribution < -0.4 is 10.7 Å². The van der Waals surface area contributed by atoms with Crippen molar-refractivity contribution in [1.82, 2.24) is 10.7 Å². The van der Waals surface area contributed by atoms with Crippen LogP contribution in [0.25, 0.3) is 0 Å². The lowest BCUT2D eigenvalue weighted by Gasteiger charge is -2.19. The average molecular weight is 279 g/mol. The molecule has 0 saturated carbocycles. The number of amides is 2. The molecule has 1 aromatic rings. The maximum atomic E-state index is 11.4. The summed E-state index contributed by atoms with van der Waals surface area (Å²) in [6.45, 7) is 5.62. The van der Waals surface area contributed by atoms with Crippen LogP contribution in [0.3, 0.4) is 0 Å². The molecule has 0 aromatic heterocycles. The zero-order valence-electron chi connectivity index (χ0n) is 11.6. The predicted molar refractivity (Wildman–Crippen MR) is 72.8 cm³/mol. The van der Waals surface area contributed by atoms with Crippen LogP contribution >= 0.6 is 0 Å². The molecule has 108 valence electrons. The molecule has 7 nitrogen and oxygen atoms in total.